The molecule has 0 N–H and O–H groups in total. The lowest BCUT2D eigenvalue weighted by atomic mass is 10.1. The topological polar surface area (TPSA) is 65.1 Å². The molecule has 2 aromatic rings. The van der Waals surface area contributed by atoms with Crippen molar-refractivity contribution in [1.29, 1.82) is 0 Å². The summed E-state index contributed by atoms with van der Waals surface area (Å²) >= 11 is 1.54. The molecule has 0 fully saturated rings. The average Bonchev–Trinajstić information content (AvgIpc) is 2.82. The van der Waals surface area contributed by atoms with Gasteiger partial charge in [-0.05, 0) is 29.8 Å². The fourth-order valence-electron chi connectivity index (χ4n) is 3.14. The van der Waals surface area contributed by atoms with Crippen LogP contribution < -0.4 is 19.1 Å². The van der Waals surface area contributed by atoms with Crippen molar-refractivity contribution >= 4 is 29.3 Å². The Labute approximate surface area is 162 Å². The number of imide groups is 1. The molecule has 6 nitrogen and oxygen atoms in total. The van der Waals surface area contributed by atoms with Gasteiger partial charge in [-0.3, -0.25) is 9.59 Å². The van der Waals surface area contributed by atoms with Crippen LogP contribution in [0.4, 0.5) is 5.69 Å². The Bertz CT molecular complexity index is 857. The highest BCUT2D eigenvalue weighted by Crippen LogP contribution is 2.48. The summed E-state index contributed by atoms with van der Waals surface area (Å²) in [5.74, 6) is 1.03. The fourth-order valence-corrected chi connectivity index (χ4v) is 4.38. The highest BCUT2D eigenvalue weighted by Gasteiger charge is 2.32. The number of hydrogen-bond acceptors (Lipinski definition) is 6. The van der Waals surface area contributed by atoms with Crippen molar-refractivity contribution in [1.82, 2.24) is 0 Å². The molecule has 1 aliphatic heterocycles. The van der Waals surface area contributed by atoms with Gasteiger partial charge in [-0.25, -0.2) is 4.90 Å². The minimum Gasteiger partial charge on any atom is -0.493 e. The molecule has 3 rings (SSSR count). The molecule has 2 amide bonds. The monoisotopic (exact) mass is 387 g/mol. The third-order valence-corrected chi connectivity index (χ3v) is 5.68. The first-order valence-electron chi connectivity index (χ1n) is 8.39. The number of thioether (sulfide) groups is 1. The largest absolute Gasteiger partial charge is 0.493 e. The molecular weight excluding hydrogens is 366 g/mol. The molecule has 0 aromatic heterocycles. The van der Waals surface area contributed by atoms with E-state index in [2.05, 4.69) is 0 Å². The number of benzene rings is 2. The summed E-state index contributed by atoms with van der Waals surface area (Å²) in [6, 6.07) is 11.1. The van der Waals surface area contributed by atoms with Crippen LogP contribution in [-0.4, -0.2) is 33.1 Å². The fraction of sp³-hybridized carbons (Fsp3) is 0.300. The van der Waals surface area contributed by atoms with Crippen molar-refractivity contribution in [3.05, 3.63) is 42.0 Å². The molecule has 0 saturated carbocycles. The van der Waals surface area contributed by atoms with E-state index < -0.39 is 0 Å². The van der Waals surface area contributed by atoms with Crippen molar-refractivity contribution in [2.45, 2.75) is 23.5 Å². The summed E-state index contributed by atoms with van der Waals surface area (Å²) in [7, 11) is 4.66. The standard InChI is InChI=1S/C20H21NO5S/c1-12(22)21-14-7-5-6-8-17(14)27-18(11-19(21)23)13-9-15(24-2)20(26-4)16(10-13)25-3/h5-10,18H,11H2,1-4H3. The van der Waals surface area contributed by atoms with Gasteiger partial charge in [0.1, 0.15) is 0 Å². The predicted octanol–water partition coefficient (Wildman–Crippen LogP) is 3.83. The van der Waals surface area contributed by atoms with E-state index in [4.69, 9.17) is 14.2 Å². The number of anilines is 1. The van der Waals surface area contributed by atoms with E-state index in [1.165, 1.54) is 11.8 Å². The van der Waals surface area contributed by atoms with Crippen LogP contribution in [0, 0.1) is 0 Å². The van der Waals surface area contributed by atoms with E-state index in [1.807, 2.05) is 30.3 Å². The molecule has 27 heavy (non-hydrogen) atoms. The van der Waals surface area contributed by atoms with Crippen LogP contribution in [-0.2, 0) is 9.59 Å². The number of fused-ring (bicyclic) bond motifs is 1. The first-order valence-corrected chi connectivity index (χ1v) is 9.27. The molecule has 1 aliphatic rings. The molecule has 0 bridgehead atoms. The van der Waals surface area contributed by atoms with E-state index in [0.717, 1.165) is 10.5 Å². The van der Waals surface area contributed by atoms with E-state index >= 15 is 0 Å². The SMILES string of the molecule is COc1cc(C2CC(=O)N(C(C)=O)c3ccccc3S2)cc(OC)c1OC. The Balaban J connectivity index is 2.09. The zero-order valence-electron chi connectivity index (χ0n) is 15.6. The highest BCUT2D eigenvalue weighted by molar-refractivity contribution is 7.99. The predicted molar refractivity (Wildman–Crippen MR) is 104 cm³/mol. The Morgan fingerprint density at radius 2 is 1.70 bits per heavy atom. The van der Waals surface area contributed by atoms with Crippen molar-refractivity contribution in [2.24, 2.45) is 0 Å². The van der Waals surface area contributed by atoms with Crippen molar-refractivity contribution < 1.29 is 23.8 Å². The van der Waals surface area contributed by atoms with Gasteiger partial charge in [-0.1, -0.05) is 12.1 Å². The molecule has 0 radical (unpaired) electrons. The third kappa shape index (κ3) is 3.60. The number of amides is 2. The maximum absolute atomic E-state index is 12.8. The van der Waals surface area contributed by atoms with E-state index in [-0.39, 0.29) is 23.5 Å². The minimum atomic E-state index is -0.293. The Morgan fingerprint density at radius 1 is 1.07 bits per heavy atom. The average molecular weight is 387 g/mol. The summed E-state index contributed by atoms with van der Waals surface area (Å²) in [6.45, 7) is 1.40. The van der Waals surface area contributed by atoms with Gasteiger partial charge in [0.15, 0.2) is 11.5 Å². The van der Waals surface area contributed by atoms with Gasteiger partial charge >= 0.3 is 0 Å². The zero-order chi connectivity index (χ0) is 19.6. The van der Waals surface area contributed by atoms with Gasteiger partial charge < -0.3 is 14.2 Å². The minimum absolute atomic E-state index is 0.178. The van der Waals surface area contributed by atoms with Gasteiger partial charge in [0.2, 0.25) is 17.6 Å². The van der Waals surface area contributed by atoms with E-state index in [0.29, 0.717) is 22.9 Å². The number of ether oxygens (including phenoxy) is 3. The maximum atomic E-state index is 12.8. The highest BCUT2D eigenvalue weighted by atomic mass is 32.2. The van der Waals surface area contributed by atoms with Crippen LogP contribution in [0.15, 0.2) is 41.3 Å². The first-order chi connectivity index (χ1) is 13.0. The second kappa shape index (κ2) is 7.92. The molecule has 142 valence electrons. The molecule has 0 saturated heterocycles. The van der Waals surface area contributed by atoms with Gasteiger partial charge in [0.05, 0.1) is 27.0 Å². The smallest absolute Gasteiger partial charge is 0.235 e. The number of rotatable bonds is 4. The summed E-state index contributed by atoms with van der Waals surface area (Å²) in [5, 5.41) is -0.197. The third-order valence-electron chi connectivity index (χ3n) is 4.36. The van der Waals surface area contributed by atoms with Crippen molar-refractivity contribution in [3.63, 3.8) is 0 Å². The summed E-state index contributed by atoms with van der Waals surface area (Å²) in [4.78, 5) is 27.1. The zero-order valence-corrected chi connectivity index (χ0v) is 16.5. The summed E-state index contributed by atoms with van der Waals surface area (Å²) < 4.78 is 16.2. The Morgan fingerprint density at radius 3 is 2.26 bits per heavy atom. The number of para-hydroxylation sites is 1. The lowest BCUT2D eigenvalue weighted by molar-refractivity contribution is -0.125. The lowest BCUT2D eigenvalue weighted by Gasteiger charge is -2.19. The Hall–Kier alpha value is -2.67. The summed E-state index contributed by atoms with van der Waals surface area (Å²) in [6.07, 6.45) is 0.178. The molecule has 1 atom stereocenters. The summed E-state index contributed by atoms with van der Waals surface area (Å²) in [5.41, 5.74) is 1.48. The van der Waals surface area contributed by atoms with Crippen LogP contribution >= 0.6 is 11.8 Å². The van der Waals surface area contributed by atoms with Crippen LogP contribution in [0.5, 0.6) is 17.2 Å². The number of methoxy groups -OCH3 is 3. The number of nitrogens with zero attached hydrogens (tertiary/aromatic N) is 1. The van der Waals surface area contributed by atoms with Crippen LogP contribution in [0.25, 0.3) is 0 Å². The van der Waals surface area contributed by atoms with Gasteiger partial charge in [0, 0.05) is 23.5 Å². The Kier molecular flexibility index (Phi) is 5.60. The van der Waals surface area contributed by atoms with Gasteiger partial charge in [0.25, 0.3) is 0 Å². The lowest BCUT2D eigenvalue weighted by Crippen LogP contribution is -2.35. The van der Waals surface area contributed by atoms with Crippen LogP contribution in [0.2, 0.25) is 0 Å². The number of carbonyl (C=O) groups excluding carboxylic acids is 2. The molecule has 1 heterocycles. The van der Waals surface area contributed by atoms with Gasteiger partial charge in [-0.15, -0.1) is 11.8 Å². The van der Waals surface area contributed by atoms with Crippen molar-refractivity contribution in [2.75, 3.05) is 26.2 Å². The van der Waals surface area contributed by atoms with E-state index in [1.54, 1.807) is 39.2 Å². The van der Waals surface area contributed by atoms with Crippen LogP contribution in [0.3, 0.4) is 0 Å². The molecular formula is C20H21NO5S. The quantitative estimate of drug-likeness (QED) is 0.794. The van der Waals surface area contributed by atoms with Gasteiger partial charge in [-0.2, -0.15) is 0 Å². The molecule has 0 spiro atoms. The molecule has 1 unspecified atom stereocenters. The van der Waals surface area contributed by atoms with Crippen molar-refractivity contribution in [3.8, 4) is 17.2 Å². The first kappa shape index (κ1) is 19.1. The van der Waals surface area contributed by atoms with Crippen LogP contribution in [0.1, 0.15) is 24.2 Å². The second-order valence-electron chi connectivity index (χ2n) is 5.99. The molecule has 0 aliphatic carbocycles. The normalized spacial score (nSPS) is 16.4. The van der Waals surface area contributed by atoms with E-state index in [9.17, 15) is 9.59 Å². The molecule has 7 heteroatoms. The second-order valence-corrected chi connectivity index (χ2v) is 7.23. The number of carbonyl (C=O) groups is 2. The maximum Gasteiger partial charge on any atom is 0.235 e. The number of hydrogen-bond donors (Lipinski definition) is 0. The molecule has 2 aromatic carbocycles.